The maximum Gasteiger partial charge on any atom is 0.145 e. The van der Waals surface area contributed by atoms with Crippen molar-refractivity contribution in [3.05, 3.63) is 28.8 Å². The Kier molecular flexibility index (Phi) is 3.24. The van der Waals surface area contributed by atoms with Gasteiger partial charge in [-0.1, -0.05) is 11.6 Å². The second kappa shape index (κ2) is 4.67. The summed E-state index contributed by atoms with van der Waals surface area (Å²) in [6, 6.07) is 5.52. The molecular formula is C12H14ClN3O. The summed E-state index contributed by atoms with van der Waals surface area (Å²) in [7, 11) is 0. The van der Waals surface area contributed by atoms with E-state index in [1.165, 1.54) is 0 Å². The van der Waals surface area contributed by atoms with Crippen molar-refractivity contribution in [1.29, 1.82) is 0 Å². The first kappa shape index (κ1) is 11.8. The van der Waals surface area contributed by atoms with E-state index in [-0.39, 0.29) is 0 Å². The lowest BCUT2D eigenvalue weighted by Gasteiger charge is -2.11. The van der Waals surface area contributed by atoms with Crippen LogP contribution in [0.5, 0.6) is 5.75 Å². The topological polar surface area (TPSA) is 63.9 Å². The van der Waals surface area contributed by atoms with E-state index in [9.17, 15) is 0 Å². The molecule has 90 valence electrons. The van der Waals surface area contributed by atoms with Gasteiger partial charge in [0.25, 0.3) is 0 Å². The van der Waals surface area contributed by atoms with E-state index < -0.39 is 0 Å². The first-order valence-electron chi connectivity index (χ1n) is 5.36. The predicted molar refractivity (Wildman–Crippen MR) is 69.4 cm³/mol. The predicted octanol–water partition coefficient (Wildman–Crippen LogP) is 3.02. The molecule has 0 bridgehead atoms. The van der Waals surface area contributed by atoms with E-state index in [1.807, 2.05) is 26.0 Å². The number of H-pyrrole nitrogens is 1. The van der Waals surface area contributed by atoms with Crippen LogP contribution in [-0.2, 0) is 0 Å². The molecule has 1 heterocycles. The Labute approximate surface area is 105 Å². The van der Waals surface area contributed by atoms with Gasteiger partial charge < -0.3 is 10.5 Å². The van der Waals surface area contributed by atoms with Crippen molar-refractivity contribution in [1.82, 2.24) is 10.2 Å². The molecule has 0 aliphatic heterocycles. The number of nitrogen functional groups attached to an aromatic ring is 1. The third-order valence-electron chi connectivity index (χ3n) is 2.45. The summed E-state index contributed by atoms with van der Waals surface area (Å²) in [4.78, 5) is 0. The Morgan fingerprint density at radius 1 is 1.41 bits per heavy atom. The number of aromatic nitrogens is 2. The van der Waals surface area contributed by atoms with Crippen LogP contribution in [0.2, 0.25) is 5.02 Å². The fourth-order valence-electron chi connectivity index (χ4n) is 1.62. The van der Waals surface area contributed by atoms with Gasteiger partial charge in [-0.2, -0.15) is 5.10 Å². The number of nitrogens with zero attached hydrogens (tertiary/aromatic N) is 1. The molecule has 0 atom stereocenters. The Morgan fingerprint density at radius 3 is 2.76 bits per heavy atom. The Hall–Kier alpha value is -1.68. The Morgan fingerprint density at radius 2 is 2.18 bits per heavy atom. The highest BCUT2D eigenvalue weighted by molar-refractivity contribution is 6.31. The molecule has 3 N–H and O–H groups in total. The molecule has 2 rings (SSSR count). The molecule has 0 unspecified atom stereocenters. The van der Waals surface area contributed by atoms with Gasteiger partial charge in [-0.05, 0) is 31.5 Å². The number of aryl methyl sites for hydroxylation is 1. The summed E-state index contributed by atoms with van der Waals surface area (Å²) in [5, 5.41) is 7.45. The van der Waals surface area contributed by atoms with Crippen molar-refractivity contribution in [3.8, 4) is 17.0 Å². The number of rotatable bonds is 3. The molecule has 0 spiro atoms. The fraction of sp³-hybridized carbons (Fsp3) is 0.250. The highest BCUT2D eigenvalue weighted by atomic mass is 35.5. The molecule has 0 amide bonds. The Balaban J connectivity index is 2.54. The minimum absolute atomic E-state index is 0.444. The van der Waals surface area contributed by atoms with Gasteiger partial charge in [0.15, 0.2) is 0 Å². The van der Waals surface area contributed by atoms with Gasteiger partial charge in [-0.15, -0.1) is 0 Å². The smallest absolute Gasteiger partial charge is 0.145 e. The molecule has 0 saturated carbocycles. The molecule has 0 aliphatic rings. The highest BCUT2D eigenvalue weighted by Crippen LogP contribution is 2.34. The monoisotopic (exact) mass is 251 g/mol. The molecule has 2 aromatic rings. The van der Waals surface area contributed by atoms with Crippen molar-refractivity contribution in [2.75, 3.05) is 12.3 Å². The zero-order valence-electron chi connectivity index (χ0n) is 9.75. The van der Waals surface area contributed by atoms with Gasteiger partial charge in [-0.3, -0.25) is 5.10 Å². The first-order chi connectivity index (χ1) is 8.11. The summed E-state index contributed by atoms with van der Waals surface area (Å²) in [5.41, 5.74) is 8.24. The van der Waals surface area contributed by atoms with E-state index in [0.717, 1.165) is 22.6 Å². The van der Waals surface area contributed by atoms with Crippen LogP contribution in [0.25, 0.3) is 11.3 Å². The van der Waals surface area contributed by atoms with Crippen molar-refractivity contribution in [2.24, 2.45) is 0 Å². The second-order valence-electron chi connectivity index (χ2n) is 3.74. The van der Waals surface area contributed by atoms with Crippen LogP contribution in [0.3, 0.4) is 0 Å². The van der Waals surface area contributed by atoms with E-state index >= 15 is 0 Å². The second-order valence-corrected chi connectivity index (χ2v) is 4.14. The van der Waals surface area contributed by atoms with Crippen LogP contribution in [0.1, 0.15) is 12.5 Å². The number of ether oxygens (including phenoxy) is 1. The van der Waals surface area contributed by atoms with Crippen molar-refractivity contribution in [2.45, 2.75) is 13.8 Å². The molecule has 0 radical (unpaired) electrons. The van der Waals surface area contributed by atoms with Gasteiger partial charge in [-0.25, -0.2) is 0 Å². The van der Waals surface area contributed by atoms with Crippen LogP contribution in [-0.4, -0.2) is 16.8 Å². The van der Waals surface area contributed by atoms with Gasteiger partial charge in [0.1, 0.15) is 11.6 Å². The number of aromatic amines is 1. The van der Waals surface area contributed by atoms with Gasteiger partial charge in [0.05, 0.1) is 12.3 Å². The molecule has 4 nitrogen and oxygen atoms in total. The molecule has 17 heavy (non-hydrogen) atoms. The number of anilines is 1. The van der Waals surface area contributed by atoms with Gasteiger partial charge >= 0.3 is 0 Å². The van der Waals surface area contributed by atoms with Crippen molar-refractivity contribution < 1.29 is 4.74 Å². The van der Waals surface area contributed by atoms with E-state index in [0.29, 0.717) is 17.4 Å². The summed E-state index contributed by atoms with van der Waals surface area (Å²) in [6.07, 6.45) is 0. The lowest BCUT2D eigenvalue weighted by molar-refractivity contribution is 0.341. The standard InChI is InChI=1S/C12H14ClN3O/c1-3-17-11-4-7(2)9(13)5-8(11)10-6-12(14)16-15-10/h4-6H,3H2,1-2H3,(H3,14,15,16). The van der Waals surface area contributed by atoms with Crippen LogP contribution >= 0.6 is 11.6 Å². The molecule has 0 saturated heterocycles. The van der Waals surface area contributed by atoms with Crippen LogP contribution in [0.4, 0.5) is 5.82 Å². The molecular weight excluding hydrogens is 238 g/mol. The van der Waals surface area contributed by atoms with Crippen LogP contribution in [0, 0.1) is 6.92 Å². The SMILES string of the molecule is CCOc1cc(C)c(Cl)cc1-c1cc(N)n[nH]1. The van der Waals surface area contributed by atoms with Crippen molar-refractivity contribution >= 4 is 17.4 Å². The van der Waals surface area contributed by atoms with Gasteiger partial charge in [0.2, 0.25) is 0 Å². The fourth-order valence-corrected chi connectivity index (χ4v) is 1.78. The molecule has 5 heteroatoms. The van der Waals surface area contributed by atoms with E-state index in [1.54, 1.807) is 6.07 Å². The first-order valence-corrected chi connectivity index (χ1v) is 5.73. The van der Waals surface area contributed by atoms with E-state index in [4.69, 9.17) is 22.1 Å². The van der Waals surface area contributed by atoms with Crippen LogP contribution < -0.4 is 10.5 Å². The summed E-state index contributed by atoms with van der Waals surface area (Å²) >= 11 is 6.12. The highest BCUT2D eigenvalue weighted by Gasteiger charge is 2.11. The minimum Gasteiger partial charge on any atom is -0.493 e. The van der Waals surface area contributed by atoms with Crippen molar-refractivity contribution in [3.63, 3.8) is 0 Å². The summed E-state index contributed by atoms with van der Waals surface area (Å²) < 4.78 is 5.59. The molecule has 1 aromatic carbocycles. The van der Waals surface area contributed by atoms with E-state index in [2.05, 4.69) is 10.2 Å². The summed E-state index contributed by atoms with van der Waals surface area (Å²) in [5.74, 6) is 1.22. The lowest BCUT2D eigenvalue weighted by Crippen LogP contribution is -1.95. The molecule has 1 aromatic heterocycles. The average molecular weight is 252 g/mol. The Bertz CT molecular complexity index is 537. The number of benzene rings is 1. The normalized spacial score (nSPS) is 10.5. The zero-order valence-corrected chi connectivity index (χ0v) is 10.5. The number of nitrogens with two attached hydrogens (primary N) is 1. The summed E-state index contributed by atoms with van der Waals surface area (Å²) in [6.45, 7) is 4.47. The third-order valence-corrected chi connectivity index (χ3v) is 2.86. The lowest BCUT2D eigenvalue weighted by atomic mass is 10.1. The average Bonchev–Trinajstić information content (AvgIpc) is 2.70. The number of hydrogen-bond acceptors (Lipinski definition) is 3. The third kappa shape index (κ3) is 2.36. The molecule has 0 fully saturated rings. The zero-order chi connectivity index (χ0) is 12.4. The quantitative estimate of drug-likeness (QED) is 0.881. The number of hydrogen-bond donors (Lipinski definition) is 2. The van der Waals surface area contributed by atoms with Gasteiger partial charge in [0, 0.05) is 16.7 Å². The maximum absolute atomic E-state index is 6.12. The van der Waals surface area contributed by atoms with Crippen LogP contribution in [0.15, 0.2) is 18.2 Å². The molecule has 0 aliphatic carbocycles. The minimum atomic E-state index is 0.444. The largest absolute Gasteiger partial charge is 0.493 e. The maximum atomic E-state index is 6.12. The number of halogens is 1. The number of nitrogens with one attached hydrogen (secondary N) is 1.